The van der Waals surface area contributed by atoms with E-state index in [1.165, 1.54) is 25.7 Å². The van der Waals surface area contributed by atoms with Gasteiger partial charge in [-0.25, -0.2) is 13.4 Å². The highest BCUT2D eigenvalue weighted by Crippen LogP contribution is 2.38. The van der Waals surface area contributed by atoms with Crippen molar-refractivity contribution < 1.29 is 27.4 Å². The molecule has 0 saturated heterocycles. The third kappa shape index (κ3) is 4.35. The minimum Gasteiger partial charge on any atom is -0.494 e. The van der Waals surface area contributed by atoms with Gasteiger partial charge in [0.2, 0.25) is 21.8 Å². The number of methoxy groups -OCH3 is 2. The third-order valence-electron chi connectivity index (χ3n) is 6.18. The molecule has 4 heterocycles. The predicted octanol–water partition coefficient (Wildman–Crippen LogP) is 3.36. The van der Waals surface area contributed by atoms with E-state index < -0.39 is 21.4 Å². The molecule has 13 heteroatoms. The summed E-state index contributed by atoms with van der Waals surface area (Å²) in [6.45, 7) is 3.19. The van der Waals surface area contributed by atoms with Crippen molar-refractivity contribution in [2.45, 2.75) is 25.2 Å². The molecule has 5 aromatic rings. The number of hydrogen-bond donors (Lipinski definition) is 2. The van der Waals surface area contributed by atoms with E-state index in [2.05, 4.69) is 19.9 Å². The molecule has 0 unspecified atom stereocenters. The topological polar surface area (TPSA) is 146 Å². The molecule has 0 spiro atoms. The second kappa shape index (κ2) is 9.84. The number of hydrogen-bond acceptors (Lipinski definition) is 9. The Morgan fingerprint density at radius 3 is 2.39 bits per heavy atom. The summed E-state index contributed by atoms with van der Waals surface area (Å²) in [5.74, 6) is 1.83. The molecule has 0 bridgehead atoms. The van der Waals surface area contributed by atoms with Gasteiger partial charge in [0.1, 0.15) is 39.9 Å². The molecule has 198 valence electrons. The molecule has 2 atom stereocenters. The number of imidazole rings is 1. The third-order valence-corrected chi connectivity index (χ3v) is 7.88. The first kappa shape index (κ1) is 25.3. The number of para-hydroxylation sites is 1. The Morgan fingerprint density at radius 1 is 1.03 bits per heavy atom. The number of benzene rings is 1. The van der Waals surface area contributed by atoms with E-state index in [9.17, 15) is 13.5 Å². The zero-order valence-electron chi connectivity index (χ0n) is 21.1. The quantitative estimate of drug-likeness (QED) is 0.288. The molecule has 1 aromatic carbocycles. The highest BCUT2D eigenvalue weighted by atomic mass is 32.2. The van der Waals surface area contributed by atoms with Crippen molar-refractivity contribution in [3.63, 3.8) is 0 Å². The zero-order chi connectivity index (χ0) is 27.0. The molecular weight excluding hydrogens is 512 g/mol. The maximum atomic E-state index is 13.6. The van der Waals surface area contributed by atoms with Gasteiger partial charge >= 0.3 is 0 Å². The summed E-state index contributed by atoms with van der Waals surface area (Å²) in [7, 11) is -1.25. The SMILES string of the molecule is COc1cccc(OC)c1-n1c(NS(=O)(=O)[C@H](C)[C@H](O)c2cccc3nccn23)nnc1-c1ccc(C)o1. The number of anilines is 1. The maximum absolute atomic E-state index is 13.6. The number of aryl methyl sites for hydroxylation is 1. The normalized spacial score (nSPS) is 13.4. The van der Waals surface area contributed by atoms with E-state index in [0.717, 1.165) is 0 Å². The number of aromatic nitrogens is 5. The zero-order valence-corrected chi connectivity index (χ0v) is 21.9. The molecule has 0 amide bonds. The lowest BCUT2D eigenvalue weighted by molar-refractivity contribution is 0.170. The van der Waals surface area contributed by atoms with Gasteiger partial charge in [-0.15, -0.1) is 10.2 Å². The Bertz CT molecular complexity index is 1680. The summed E-state index contributed by atoms with van der Waals surface area (Å²) in [6.07, 6.45) is 1.85. The number of pyridine rings is 1. The Labute approximate surface area is 218 Å². The van der Waals surface area contributed by atoms with E-state index in [1.807, 2.05) is 0 Å². The fraction of sp³-hybridized carbons (Fsp3) is 0.240. The summed E-state index contributed by atoms with van der Waals surface area (Å²) < 4.78 is 49.6. The Hall–Kier alpha value is -4.36. The van der Waals surface area contributed by atoms with E-state index in [-0.39, 0.29) is 11.8 Å². The molecule has 0 aliphatic carbocycles. The summed E-state index contributed by atoms with van der Waals surface area (Å²) in [5, 5.41) is 18.1. The van der Waals surface area contributed by atoms with Crippen LogP contribution in [0.15, 0.2) is 65.3 Å². The highest BCUT2D eigenvalue weighted by molar-refractivity contribution is 7.93. The number of sulfonamides is 1. The van der Waals surface area contributed by atoms with Gasteiger partial charge in [0.05, 0.1) is 19.9 Å². The van der Waals surface area contributed by atoms with E-state index in [0.29, 0.717) is 40.0 Å². The first-order chi connectivity index (χ1) is 18.2. The van der Waals surface area contributed by atoms with Gasteiger partial charge in [0.25, 0.3) is 0 Å². The maximum Gasteiger partial charge on any atom is 0.243 e. The van der Waals surface area contributed by atoms with Crippen molar-refractivity contribution in [3.05, 3.63) is 72.4 Å². The number of rotatable bonds is 9. The number of ether oxygens (including phenoxy) is 2. The van der Waals surface area contributed by atoms with Crippen LogP contribution in [0.3, 0.4) is 0 Å². The molecule has 0 aliphatic rings. The number of aliphatic hydroxyl groups excluding tert-OH is 1. The van der Waals surface area contributed by atoms with Crippen LogP contribution in [0.25, 0.3) is 22.9 Å². The monoisotopic (exact) mass is 538 g/mol. The number of aliphatic hydroxyl groups is 1. The summed E-state index contributed by atoms with van der Waals surface area (Å²) >= 11 is 0. The lowest BCUT2D eigenvalue weighted by Gasteiger charge is -2.22. The van der Waals surface area contributed by atoms with Crippen molar-refractivity contribution >= 4 is 21.6 Å². The number of furan rings is 1. The average molecular weight is 539 g/mol. The predicted molar refractivity (Wildman–Crippen MR) is 139 cm³/mol. The molecule has 38 heavy (non-hydrogen) atoms. The number of nitrogens with zero attached hydrogens (tertiary/aromatic N) is 5. The second-order valence-corrected chi connectivity index (χ2v) is 10.5. The van der Waals surface area contributed by atoms with Crippen LogP contribution >= 0.6 is 0 Å². The van der Waals surface area contributed by atoms with Gasteiger partial charge in [-0.1, -0.05) is 12.1 Å². The van der Waals surface area contributed by atoms with Crippen molar-refractivity contribution in [2.24, 2.45) is 0 Å². The smallest absolute Gasteiger partial charge is 0.243 e. The van der Waals surface area contributed by atoms with E-state index >= 15 is 0 Å². The summed E-state index contributed by atoms with van der Waals surface area (Å²) in [6, 6.07) is 13.7. The molecule has 12 nitrogen and oxygen atoms in total. The van der Waals surface area contributed by atoms with Gasteiger partial charge in [0.15, 0.2) is 5.76 Å². The van der Waals surface area contributed by atoms with Crippen LogP contribution in [0.2, 0.25) is 0 Å². The van der Waals surface area contributed by atoms with Crippen LogP contribution in [-0.4, -0.2) is 57.1 Å². The molecule has 0 fully saturated rings. The standard InChI is InChI=1S/C25H26N6O6S/c1-15-11-12-20(37-15)24-27-28-25(31(24)22-18(35-3)8-6-9-19(22)36-4)29-38(33,34)16(2)23(32)17-7-5-10-21-26-13-14-30(17)21/h5-14,16,23,32H,1-4H3,(H,28,29)/t16-,23+/m1/s1. The highest BCUT2D eigenvalue weighted by Gasteiger charge is 2.33. The van der Waals surface area contributed by atoms with Crippen molar-refractivity contribution in [1.82, 2.24) is 24.1 Å². The fourth-order valence-electron chi connectivity index (χ4n) is 4.17. The van der Waals surface area contributed by atoms with E-state index in [4.69, 9.17) is 13.9 Å². The minimum absolute atomic E-state index is 0.142. The average Bonchev–Trinajstić information content (AvgIpc) is 3.66. The van der Waals surface area contributed by atoms with Crippen molar-refractivity contribution in [3.8, 4) is 28.8 Å². The van der Waals surface area contributed by atoms with Crippen LogP contribution in [-0.2, 0) is 10.0 Å². The van der Waals surface area contributed by atoms with Gasteiger partial charge in [0, 0.05) is 12.4 Å². The van der Waals surface area contributed by atoms with Gasteiger partial charge in [-0.3, -0.25) is 9.29 Å². The number of nitrogens with one attached hydrogen (secondary N) is 1. The largest absolute Gasteiger partial charge is 0.494 e. The minimum atomic E-state index is -4.22. The van der Waals surface area contributed by atoms with Crippen LogP contribution in [0, 0.1) is 6.92 Å². The van der Waals surface area contributed by atoms with Crippen molar-refractivity contribution in [1.29, 1.82) is 0 Å². The Balaban J connectivity index is 1.60. The Morgan fingerprint density at radius 2 is 1.74 bits per heavy atom. The molecule has 5 rings (SSSR count). The molecule has 0 aliphatic heterocycles. The summed E-state index contributed by atoms with van der Waals surface area (Å²) in [5.41, 5.74) is 1.32. The van der Waals surface area contributed by atoms with Crippen LogP contribution in [0.4, 0.5) is 5.95 Å². The molecule has 4 aromatic heterocycles. The fourth-order valence-corrected chi connectivity index (χ4v) is 5.22. The van der Waals surface area contributed by atoms with Crippen molar-refractivity contribution in [2.75, 3.05) is 18.9 Å². The first-order valence-corrected chi connectivity index (χ1v) is 13.1. The lowest BCUT2D eigenvalue weighted by Crippen LogP contribution is -2.32. The molecule has 2 N–H and O–H groups in total. The number of fused-ring (bicyclic) bond motifs is 1. The Kier molecular flexibility index (Phi) is 6.55. The molecule has 0 saturated carbocycles. The van der Waals surface area contributed by atoms with Crippen LogP contribution in [0.5, 0.6) is 11.5 Å². The second-order valence-electron chi connectivity index (χ2n) is 8.51. The van der Waals surface area contributed by atoms with Gasteiger partial charge < -0.3 is 23.4 Å². The van der Waals surface area contributed by atoms with Gasteiger partial charge in [-0.2, -0.15) is 0 Å². The van der Waals surface area contributed by atoms with Crippen LogP contribution in [0.1, 0.15) is 24.5 Å². The van der Waals surface area contributed by atoms with Crippen LogP contribution < -0.4 is 14.2 Å². The lowest BCUT2D eigenvalue weighted by atomic mass is 10.2. The molecular formula is C25H26N6O6S. The first-order valence-electron chi connectivity index (χ1n) is 11.6. The van der Waals surface area contributed by atoms with Gasteiger partial charge in [-0.05, 0) is 50.2 Å². The van der Waals surface area contributed by atoms with E-state index in [1.54, 1.807) is 72.2 Å². The summed E-state index contributed by atoms with van der Waals surface area (Å²) in [4.78, 5) is 4.19. The molecule has 0 radical (unpaired) electrons.